The summed E-state index contributed by atoms with van der Waals surface area (Å²) in [5.74, 6) is 0.114. The van der Waals surface area contributed by atoms with Crippen LogP contribution in [0.15, 0.2) is 47.3 Å². The molecule has 0 saturated heterocycles. The zero-order chi connectivity index (χ0) is 23.0. The lowest BCUT2D eigenvalue weighted by Gasteiger charge is -2.24. The topological polar surface area (TPSA) is 88.3 Å². The lowest BCUT2D eigenvalue weighted by atomic mass is 9.81. The summed E-state index contributed by atoms with van der Waals surface area (Å²) in [6, 6.07) is 13.0. The Hall–Kier alpha value is -3.67. The second kappa shape index (κ2) is 8.46. The molecule has 0 spiro atoms. The molecule has 0 unspecified atom stereocenters. The quantitative estimate of drug-likeness (QED) is 0.639. The van der Waals surface area contributed by atoms with E-state index in [9.17, 15) is 14.4 Å². The number of anilines is 1. The van der Waals surface area contributed by atoms with Crippen LogP contribution in [0.2, 0.25) is 0 Å². The van der Waals surface area contributed by atoms with Crippen molar-refractivity contribution in [3.63, 3.8) is 0 Å². The van der Waals surface area contributed by atoms with Crippen molar-refractivity contribution in [1.82, 2.24) is 4.98 Å². The number of methoxy groups -OCH3 is 1. The van der Waals surface area contributed by atoms with Crippen LogP contribution < -0.4 is 15.6 Å². The Labute approximate surface area is 186 Å². The number of hydrogen-bond donors (Lipinski definition) is 2. The third-order valence-corrected chi connectivity index (χ3v) is 6.05. The predicted molar refractivity (Wildman–Crippen MR) is 124 cm³/mol. The van der Waals surface area contributed by atoms with Crippen molar-refractivity contribution in [3.05, 3.63) is 91.9 Å². The van der Waals surface area contributed by atoms with Gasteiger partial charge in [-0.05, 0) is 68.0 Å². The molecule has 0 radical (unpaired) electrons. The third-order valence-electron chi connectivity index (χ3n) is 6.05. The highest BCUT2D eigenvalue weighted by Gasteiger charge is 2.29. The highest BCUT2D eigenvalue weighted by molar-refractivity contribution is 6.07. The van der Waals surface area contributed by atoms with E-state index < -0.39 is 11.5 Å². The molecule has 0 fully saturated rings. The van der Waals surface area contributed by atoms with Crippen LogP contribution in [0.4, 0.5) is 5.69 Å². The fourth-order valence-corrected chi connectivity index (χ4v) is 4.47. The van der Waals surface area contributed by atoms with Crippen LogP contribution in [0.5, 0.6) is 5.75 Å². The van der Waals surface area contributed by atoms with Gasteiger partial charge in [-0.3, -0.25) is 14.4 Å². The maximum absolute atomic E-state index is 12.9. The van der Waals surface area contributed by atoms with Gasteiger partial charge in [0, 0.05) is 23.4 Å². The molecule has 32 heavy (non-hydrogen) atoms. The molecule has 1 aliphatic carbocycles. The summed E-state index contributed by atoms with van der Waals surface area (Å²) in [6.45, 7) is 5.82. The Morgan fingerprint density at radius 2 is 1.66 bits per heavy atom. The summed E-state index contributed by atoms with van der Waals surface area (Å²) in [4.78, 5) is 41.3. The van der Waals surface area contributed by atoms with Gasteiger partial charge in [0.25, 0.3) is 11.5 Å². The molecule has 1 heterocycles. The van der Waals surface area contributed by atoms with E-state index >= 15 is 0 Å². The molecule has 0 aliphatic heterocycles. The number of pyridine rings is 1. The Kier molecular flexibility index (Phi) is 5.70. The lowest BCUT2D eigenvalue weighted by molar-refractivity contribution is 0.0963. The largest absolute Gasteiger partial charge is 0.497 e. The molecule has 6 heteroatoms. The average Bonchev–Trinajstić information content (AvgIpc) is 2.75. The minimum atomic E-state index is -0.519. The smallest absolute Gasteiger partial charge is 0.261 e. The minimum Gasteiger partial charge on any atom is -0.497 e. The second-order valence-electron chi connectivity index (χ2n) is 8.43. The van der Waals surface area contributed by atoms with Gasteiger partial charge in [0.1, 0.15) is 11.3 Å². The van der Waals surface area contributed by atoms with Gasteiger partial charge in [0.15, 0.2) is 5.78 Å². The SMILES string of the molecule is COc1ccc([C@H]2CC(=O)c3cc(C(=O)Nc4c(C)cc(C)cc4C)c(=O)[nH]c3C2)cc1. The molecular weight excluding hydrogens is 404 g/mol. The number of aryl methyl sites for hydroxylation is 3. The van der Waals surface area contributed by atoms with Crippen LogP contribution in [0.3, 0.4) is 0 Å². The molecule has 6 nitrogen and oxygen atoms in total. The van der Waals surface area contributed by atoms with Crippen molar-refractivity contribution < 1.29 is 14.3 Å². The number of aromatic nitrogens is 1. The number of aromatic amines is 1. The second-order valence-corrected chi connectivity index (χ2v) is 8.43. The first kappa shape index (κ1) is 21.6. The van der Waals surface area contributed by atoms with Gasteiger partial charge in [-0.1, -0.05) is 29.8 Å². The first-order valence-corrected chi connectivity index (χ1v) is 10.6. The summed E-state index contributed by atoms with van der Waals surface area (Å²) < 4.78 is 5.20. The molecule has 4 rings (SSSR count). The summed E-state index contributed by atoms with van der Waals surface area (Å²) in [5, 5.41) is 2.85. The van der Waals surface area contributed by atoms with E-state index in [0.717, 1.165) is 28.0 Å². The van der Waals surface area contributed by atoms with Gasteiger partial charge < -0.3 is 15.0 Å². The molecule has 0 saturated carbocycles. The Bertz CT molecular complexity index is 1250. The number of nitrogens with one attached hydrogen (secondary N) is 2. The number of H-pyrrole nitrogens is 1. The summed E-state index contributed by atoms with van der Waals surface area (Å²) in [5.41, 5.74) is 5.07. The summed E-state index contributed by atoms with van der Waals surface area (Å²) >= 11 is 0. The van der Waals surface area contributed by atoms with E-state index in [1.807, 2.05) is 57.2 Å². The van der Waals surface area contributed by atoms with Crippen molar-refractivity contribution in [1.29, 1.82) is 0 Å². The molecule has 2 N–H and O–H groups in total. The lowest BCUT2D eigenvalue weighted by Crippen LogP contribution is -2.29. The maximum Gasteiger partial charge on any atom is 0.261 e. The number of rotatable bonds is 4. The van der Waals surface area contributed by atoms with Crippen LogP contribution in [0.25, 0.3) is 0 Å². The molecule has 0 bridgehead atoms. The minimum absolute atomic E-state index is 0.0332. The van der Waals surface area contributed by atoms with E-state index in [4.69, 9.17) is 4.74 Å². The molecule has 3 aromatic rings. The zero-order valence-electron chi connectivity index (χ0n) is 18.7. The number of fused-ring (bicyclic) bond motifs is 1. The number of hydrogen-bond acceptors (Lipinski definition) is 4. The van der Waals surface area contributed by atoms with E-state index in [0.29, 0.717) is 29.8 Å². The number of ether oxygens (including phenoxy) is 1. The molecular formula is C26H26N2O4. The Morgan fingerprint density at radius 1 is 1.00 bits per heavy atom. The summed E-state index contributed by atoms with van der Waals surface area (Å²) in [6.07, 6.45) is 0.851. The molecule has 164 valence electrons. The van der Waals surface area contributed by atoms with E-state index in [1.165, 1.54) is 6.07 Å². The van der Waals surface area contributed by atoms with E-state index in [2.05, 4.69) is 10.3 Å². The van der Waals surface area contributed by atoms with Crippen LogP contribution in [-0.4, -0.2) is 23.8 Å². The van der Waals surface area contributed by atoms with Gasteiger partial charge in [0.05, 0.1) is 7.11 Å². The van der Waals surface area contributed by atoms with Gasteiger partial charge in [-0.25, -0.2) is 0 Å². The Balaban J connectivity index is 1.62. The number of amides is 1. The van der Waals surface area contributed by atoms with Crippen LogP contribution >= 0.6 is 0 Å². The molecule has 2 aromatic carbocycles. The summed E-state index contributed by atoms with van der Waals surface area (Å²) in [7, 11) is 1.61. The van der Waals surface area contributed by atoms with Crippen molar-refractivity contribution >= 4 is 17.4 Å². The predicted octanol–water partition coefficient (Wildman–Crippen LogP) is 4.47. The maximum atomic E-state index is 12.9. The zero-order valence-corrected chi connectivity index (χ0v) is 18.7. The number of carbonyl (C=O) groups is 2. The molecule has 1 aliphatic rings. The standard InChI is InChI=1S/C26H26N2O4/c1-14-9-15(2)24(16(3)10-14)28-26(31)21-13-20-22(27-25(21)30)11-18(12-23(20)29)17-5-7-19(32-4)8-6-17/h5-10,13,18H,11-12H2,1-4H3,(H,27,30)(H,28,31)/t18-/m1/s1. The average molecular weight is 431 g/mol. The van der Waals surface area contributed by atoms with E-state index in [1.54, 1.807) is 7.11 Å². The van der Waals surface area contributed by atoms with Crippen LogP contribution in [-0.2, 0) is 6.42 Å². The van der Waals surface area contributed by atoms with Crippen molar-refractivity contribution in [2.75, 3.05) is 12.4 Å². The van der Waals surface area contributed by atoms with Gasteiger partial charge in [0.2, 0.25) is 0 Å². The molecule has 1 aromatic heterocycles. The fourth-order valence-electron chi connectivity index (χ4n) is 4.47. The first-order chi connectivity index (χ1) is 15.3. The van der Waals surface area contributed by atoms with Crippen molar-refractivity contribution in [2.45, 2.75) is 39.5 Å². The van der Waals surface area contributed by atoms with Gasteiger partial charge in [-0.2, -0.15) is 0 Å². The normalized spacial score (nSPS) is 15.2. The molecule has 1 atom stereocenters. The van der Waals surface area contributed by atoms with Gasteiger partial charge in [-0.15, -0.1) is 0 Å². The number of carbonyl (C=O) groups excluding carboxylic acids is 2. The van der Waals surface area contributed by atoms with Crippen LogP contribution in [0.1, 0.15) is 61.0 Å². The number of ketones is 1. The first-order valence-electron chi connectivity index (χ1n) is 10.6. The van der Waals surface area contributed by atoms with Crippen LogP contribution in [0, 0.1) is 20.8 Å². The number of benzene rings is 2. The fraction of sp³-hybridized carbons (Fsp3) is 0.269. The van der Waals surface area contributed by atoms with Crippen molar-refractivity contribution in [3.8, 4) is 5.75 Å². The highest BCUT2D eigenvalue weighted by Crippen LogP contribution is 2.32. The monoisotopic (exact) mass is 430 g/mol. The molecule has 1 amide bonds. The third kappa shape index (κ3) is 4.08. The van der Waals surface area contributed by atoms with Crippen molar-refractivity contribution in [2.24, 2.45) is 0 Å². The van der Waals surface area contributed by atoms with E-state index in [-0.39, 0.29) is 17.3 Å². The highest BCUT2D eigenvalue weighted by atomic mass is 16.5. The number of Topliss-reactive ketones (excluding diaryl/α,β-unsaturated/α-hetero) is 1. The Morgan fingerprint density at radius 3 is 2.28 bits per heavy atom. The van der Waals surface area contributed by atoms with Gasteiger partial charge >= 0.3 is 0 Å².